The van der Waals surface area contributed by atoms with Crippen molar-refractivity contribution < 1.29 is 28.3 Å². The fraction of sp³-hybridized carbons (Fsp3) is 0.500. The van der Waals surface area contributed by atoms with Crippen LogP contribution in [0.15, 0.2) is 18.2 Å². The zero-order chi connectivity index (χ0) is 20.6. The van der Waals surface area contributed by atoms with Gasteiger partial charge in [-0.05, 0) is 32.4 Å². The predicted molar refractivity (Wildman–Crippen MR) is 95.0 cm³/mol. The van der Waals surface area contributed by atoms with Crippen molar-refractivity contribution in [3.05, 3.63) is 35.4 Å². The van der Waals surface area contributed by atoms with Crippen LogP contribution in [-0.2, 0) is 20.8 Å². The van der Waals surface area contributed by atoms with E-state index in [1.54, 1.807) is 6.92 Å². The first kappa shape index (κ1) is 22.5. The quantitative estimate of drug-likeness (QED) is 0.556. The van der Waals surface area contributed by atoms with E-state index in [0.29, 0.717) is 0 Å². The van der Waals surface area contributed by atoms with Gasteiger partial charge in [0.05, 0.1) is 6.54 Å². The van der Waals surface area contributed by atoms with Crippen molar-refractivity contribution in [1.29, 1.82) is 0 Å². The third-order valence-corrected chi connectivity index (χ3v) is 4.00. The average molecular weight is 385 g/mol. The second-order valence-electron chi connectivity index (χ2n) is 6.34. The molecule has 2 unspecified atom stereocenters. The van der Waals surface area contributed by atoms with Gasteiger partial charge in [-0.15, -0.1) is 0 Å². The Balaban J connectivity index is 2.66. The lowest BCUT2D eigenvalue weighted by atomic mass is 10.1. The topological polar surface area (TPSA) is 98.7 Å². The molecule has 7 nitrogen and oxygen atoms in total. The zero-order valence-corrected chi connectivity index (χ0v) is 15.6. The number of nitrogens with one attached hydrogen (secondary N) is 2. The van der Waals surface area contributed by atoms with Gasteiger partial charge in [-0.2, -0.15) is 0 Å². The first-order valence-corrected chi connectivity index (χ1v) is 8.55. The molecule has 0 saturated heterocycles. The highest BCUT2D eigenvalue weighted by molar-refractivity contribution is 5.80. The molecule has 0 aliphatic heterocycles. The SMILES string of the molecule is CC(=O)NCCN(CC(=O)NC(C)Cc1c(F)cccc1F)C(C)C(=O)O. The molecule has 0 aliphatic carbocycles. The molecule has 0 bridgehead atoms. The molecule has 0 aromatic heterocycles. The van der Waals surface area contributed by atoms with Crippen LogP contribution in [-0.4, -0.2) is 59.5 Å². The van der Waals surface area contributed by atoms with Crippen molar-refractivity contribution in [3.8, 4) is 0 Å². The van der Waals surface area contributed by atoms with Crippen LogP contribution in [0.25, 0.3) is 0 Å². The van der Waals surface area contributed by atoms with Crippen LogP contribution in [0, 0.1) is 11.6 Å². The lowest BCUT2D eigenvalue weighted by molar-refractivity contribution is -0.143. The highest BCUT2D eigenvalue weighted by Gasteiger charge is 2.23. The number of nitrogens with zero attached hydrogens (tertiary/aromatic N) is 1. The Bertz CT molecular complexity index is 664. The number of halogens is 2. The van der Waals surface area contributed by atoms with Crippen LogP contribution in [0.3, 0.4) is 0 Å². The van der Waals surface area contributed by atoms with Gasteiger partial charge in [0.1, 0.15) is 17.7 Å². The molecule has 150 valence electrons. The van der Waals surface area contributed by atoms with Gasteiger partial charge < -0.3 is 15.7 Å². The van der Waals surface area contributed by atoms with Crippen LogP contribution < -0.4 is 10.6 Å². The molecule has 1 rings (SSSR count). The van der Waals surface area contributed by atoms with Crippen molar-refractivity contribution in [2.45, 2.75) is 39.3 Å². The molecule has 0 fully saturated rings. The number of rotatable bonds is 10. The van der Waals surface area contributed by atoms with Crippen molar-refractivity contribution in [1.82, 2.24) is 15.5 Å². The van der Waals surface area contributed by atoms with Crippen molar-refractivity contribution in [3.63, 3.8) is 0 Å². The van der Waals surface area contributed by atoms with E-state index in [-0.39, 0.29) is 37.5 Å². The maximum absolute atomic E-state index is 13.7. The number of hydrogen-bond donors (Lipinski definition) is 3. The predicted octanol–water partition coefficient (Wildman–Crippen LogP) is 0.923. The van der Waals surface area contributed by atoms with E-state index in [9.17, 15) is 23.2 Å². The van der Waals surface area contributed by atoms with Gasteiger partial charge in [0, 0.05) is 31.6 Å². The number of amides is 2. The van der Waals surface area contributed by atoms with E-state index in [4.69, 9.17) is 5.11 Å². The summed E-state index contributed by atoms with van der Waals surface area (Å²) in [6.07, 6.45) is -0.0371. The Morgan fingerprint density at radius 1 is 1.19 bits per heavy atom. The van der Waals surface area contributed by atoms with E-state index in [2.05, 4.69) is 10.6 Å². The molecule has 1 aromatic rings. The van der Waals surface area contributed by atoms with Gasteiger partial charge in [0.25, 0.3) is 0 Å². The summed E-state index contributed by atoms with van der Waals surface area (Å²) in [5, 5.41) is 14.3. The minimum Gasteiger partial charge on any atom is -0.480 e. The molecule has 1 aromatic carbocycles. The Labute approximate surface area is 156 Å². The van der Waals surface area contributed by atoms with Gasteiger partial charge in [0.15, 0.2) is 0 Å². The molecule has 0 radical (unpaired) electrons. The summed E-state index contributed by atoms with van der Waals surface area (Å²) in [5.41, 5.74) is -0.119. The van der Waals surface area contributed by atoms with Gasteiger partial charge >= 0.3 is 5.97 Å². The molecule has 0 spiro atoms. The summed E-state index contributed by atoms with van der Waals surface area (Å²) in [6, 6.07) is 2.05. The van der Waals surface area contributed by atoms with Gasteiger partial charge in [0.2, 0.25) is 11.8 Å². The molecule has 2 atom stereocenters. The third-order valence-electron chi connectivity index (χ3n) is 4.00. The number of carbonyl (C=O) groups is 3. The fourth-order valence-electron chi connectivity index (χ4n) is 2.53. The third kappa shape index (κ3) is 7.69. The number of aliphatic carboxylic acids is 1. The Morgan fingerprint density at radius 3 is 2.30 bits per heavy atom. The van der Waals surface area contributed by atoms with Crippen molar-refractivity contribution >= 4 is 17.8 Å². The number of carbonyl (C=O) groups excluding carboxylic acids is 2. The summed E-state index contributed by atoms with van der Waals surface area (Å²) in [4.78, 5) is 35.8. The monoisotopic (exact) mass is 385 g/mol. The van der Waals surface area contributed by atoms with Crippen LogP contribution >= 0.6 is 0 Å². The Morgan fingerprint density at radius 2 is 1.78 bits per heavy atom. The largest absolute Gasteiger partial charge is 0.480 e. The standard InChI is InChI=1S/C18H25F2N3O4/c1-11(9-14-15(19)5-4-6-16(14)20)22-17(25)10-23(12(2)18(26)27)8-7-21-13(3)24/h4-6,11-12H,7-10H2,1-3H3,(H,21,24)(H,22,25)(H,26,27). The average Bonchev–Trinajstić information content (AvgIpc) is 2.56. The summed E-state index contributed by atoms with van der Waals surface area (Å²) >= 11 is 0. The number of benzene rings is 1. The Kier molecular flexibility index (Phi) is 8.80. The second kappa shape index (κ2) is 10.6. The van der Waals surface area contributed by atoms with Gasteiger partial charge in [-0.25, -0.2) is 8.78 Å². The molecule has 0 saturated carbocycles. The van der Waals surface area contributed by atoms with Crippen LogP contribution in [0.2, 0.25) is 0 Å². The van der Waals surface area contributed by atoms with E-state index in [1.807, 2.05) is 0 Å². The van der Waals surface area contributed by atoms with Gasteiger partial charge in [-0.3, -0.25) is 19.3 Å². The lowest BCUT2D eigenvalue weighted by Crippen LogP contribution is -2.49. The second-order valence-corrected chi connectivity index (χ2v) is 6.34. The zero-order valence-electron chi connectivity index (χ0n) is 15.6. The van der Waals surface area contributed by atoms with E-state index >= 15 is 0 Å². The maximum atomic E-state index is 13.7. The molecule has 3 N–H and O–H groups in total. The molecule has 2 amide bonds. The van der Waals surface area contributed by atoms with Crippen LogP contribution in [0.4, 0.5) is 8.78 Å². The van der Waals surface area contributed by atoms with Crippen LogP contribution in [0.5, 0.6) is 0 Å². The molecule has 9 heteroatoms. The van der Waals surface area contributed by atoms with E-state index in [1.165, 1.54) is 24.8 Å². The first-order valence-electron chi connectivity index (χ1n) is 8.55. The minimum atomic E-state index is -1.10. The highest BCUT2D eigenvalue weighted by atomic mass is 19.1. The maximum Gasteiger partial charge on any atom is 0.320 e. The first-order chi connectivity index (χ1) is 12.6. The summed E-state index contributed by atoms with van der Waals surface area (Å²) in [6.45, 7) is 4.50. The normalized spacial score (nSPS) is 13.1. The molecule has 0 heterocycles. The van der Waals surface area contributed by atoms with Crippen molar-refractivity contribution in [2.75, 3.05) is 19.6 Å². The summed E-state index contributed by atoms with van der Waals surface area (Å²) < 4.78 is 27.4. The lowest BCUT2D eigenvalue weighted by Gasteiger charge is -2.26. The molecular weight excluding hydrogens is 360 g/mol. The summed E-state index contributed by atoms with van der Waals surface area (Å²) in [7, 11) is 0. The summed E-state index contributed by atoms with van der Waals surface area (Å²) in [5.74, 6) is -3.22. The van der Waals surface area contributed by atoms with Crippen molar-refractivity contribution in [2.24, 2.45) is 0 Å². The Hall–Kier alpha value is -2.55. The number of carboxylic acid groups (broad SMARTS) is 1. The fourth-order valence-corrected chi connectivity index (χ4v) is 2.53. The highest BCUT2D eigenvalue weighted by Crippen LogP contribution is 2.14. The molecule has 27 heavy (non-hydrogen) atoms. The smallest absolute Gasteiger partial charge is 0.320 e. The van der Waals surface area contributed by atoms with E-state index < -0.39 is 35.6 Å². The number of hydrogen-bond acceptors (Lipinski definition) is 4. The number of carboxylic acids is 1. The van der Waals surface area contributed by atoms with E-state index in [0.717, 1.165) is 12.1 Å². The molecule has 0 aliphatic rings. The molecular formula is C18H25F2N3O4. The minimum absolute atomic E-state index is 0.0371. The van der Waals surface area contributed by atoms with Gasteiger partial charge in [-0.1, -0.05) is 6.07 Å². The van der Waals surface area contributed by atoms with Crippen LogP contribution in [0.1, 0.15) is 26.3 Å².